The van der Waals surface area contributed by atoms with E-state index in [1.165, 1.54) is 0 Å². The summed E-state index contributed by atoms with van der Waals surface area (Å²) in [6, 6.07) is 14.2. The van der Waals surface area contributed by atoms with Gasteiger partial charge in [-0.1, -0.05) is 24.3 Å². The number of para-hydroxylation sites is 1. The lowest BCUT2D eigenvalue weighted by molar-refractivity contribution is -0.122. The Kier molecular flexibility index (Phi) is 6.60. The van der Waals surface area contributed by atoms with Gasteiger partial charge in [-0.15, -0.1) is 0 Å². The fourth-order valence-electron chi connectivity index (χ4n) is 5.02. The van der Waals surface area contributed by atoms with Crippen molar-refractivity contribution < 1.29 is 19.1 Å². The number of hydrogen-bond acceptors (Lipinski definition) is 5. The smallest absolute Gasteiger partial charge is 0.256 e. The lowest BCUT2D eigenvalue weighted by Crippen LogP contribution is -2.44. The van der Waals surface area contributed by atoms with Crippen LogP contribution in [0.3, 0.4) is 0 Å². The van der Waals surface area contributed by atoms with Crippen molar-refractivity contribution in [3.05, 3.63) is 65.2 Å². The highest BCUT2D eigenvalue weighted by Gasteiger charge is 2.41. The molecule has 0 saturated carbocycles. The van der Waals surface area contributed by atoms with Crippen LogP contribution in [0.25, 0.3) is 0 Å². The number of morpholine rings is 1. The fourth-order valence-corrected chi connectivity index (χ4v) is 5.02. The average molecular weight is 463 g/mol. The highest BCUT2D eigenvalue weighted by molar-refractivity contribution is 6.11. The molecule has 8 nitrogen and oxygen atoms in total. The average Bonchev–Trinajstić information content (AvgIpc) is 3.35. The Hall–Kier alpha value is -3.23. The van der Waals surface area contributed by atoms with Gasteiger partial charge in [0.2, 0.25) is 5.91 Å². The molecule has 0 radical (unpaired) electrons. The Morgan fingerprint density at radius 3 is 2.71 bits per heavy atom. The van der Waals surface area contributed by atoms with Gasteiger partial charge in [0.05, 0.1) is 31.0 Å². The van der Waals surface area contributed by atoms with Gasteiger partial charge < -0.3 is 19.9 Å². The van der Waals surface area contributed by atoms with Crippen molar-refractivity contribution in [2.75, 3.05) is 50.8 Å². The van der Waals surface area contributed by atoms with E-state index >= 15 is 0 Å². The van der Waals surface area contributed by atoms with Crippen LogP contribution in [0.2, 0.25) is 0 Å². The van der Waals surface area contributed by atoms with Crippen molar-refractivity contribution in [3.8, 4) is 0 Å². The van der Waals surface area contributed by atoms with E-state index in [2.05, 4.69) is 10.2 Å². The summed E-state index contributed by atoms with van der Waals surface area (Å²) in [5.74, 6) is -0.270. The van der Waals surface area contributed by atoms with Gasteiger partial charge >= 0.3 is 0 Å². The molecular formula is C26H30N4O4. The van der Waals surface area contributed by atoms with Gasteiger partial charge in [0, 0.05) is 38.3 Å². The van der Waals surface area contributed by atoms with Crippen molar-refractivity contribution >= 4 is 23.4 Å². The lowest BCUT2D eigenvalue weighted by atomic mass is 10.1. The summed E-state index contributed by atoms with van der Waals surface area (Å²) < 4.78 is 5.36. The molecule has 5 rings (SSSR count). The zero-order valence-corrected chi connectivity index (χ0v) is 19.2. The van der Waals surface area contributed by atoms with Gasteiger partial charge in [-0.2, -0.15) is 0 Å². The normalized spacial score (nSPS) is 20.6. The van der Waals surface area contributed by atoms with E-state index in [0.29, 0.717) is 42.9 Å². The predicted octanol–water partition coefficient (Wildman–Crippen LogP) is 1.90. The minimum absolute atomic E-state index is 0.0591. The number of carbonyl (C=O) groups excluding carboxylic acids is 3. The summed E-state index contributed by atoms with van der Waals surface area (Å²) in [5, 5.41) is 2.99. The van der Waals surface area contributed by atoms with Crippen LogP contribution < -0.4 is 10.2 Å². The first-order chi connectivity index (χ1) is 16.6. The highest BCUT2D eigenvalue weighted by Crippen LogP contribution is 2.33. The molecule has 0 unspecified atom stereocenters. The maximum absolute atomic E-state index is 13.5. The van der Waals surface area contributed by atoms with E-state index in [9.17, 15) is 14.4 Å². The highest BCUT2D eigenvalue weighted by atomic mass is 16.5. The molecule has 3 amide bonds. The number of hydrogen-bond donors (Lipinski definition) is 1. The van der Waals surface area contributed by atoms with Crippen LogP contribution in [0.4, 0.5) is 5.69 Å². The summed E-state index contributed by atoms with van der Waals surface area (Å²) in [4.78, 5) is 45.0. The molecule has 2 aromatic rings. The summed E-state index contributed by atoms with van der Waals surface area (Å²) in [7, 11) is 0. The number of fused-ring (bicyclic) bond motifs is 2. The first-order valence-electron chi connectivity index (χ1n) is 12.0. The third-order valence-electron chi connectivity index (χ3n) is 6.84. The standard InChI is InChI=1S/C26H30N4O4/c31-24(27-10-12-28-13-15-34-16-14-28)20-6-3-5-19(17-20)18-30-22-8-2-1-7-21(22)25(32)29-11-4-9-23(29)26(30)33/h1-3,5-8,17,23H,4,9-16,18H2,(H,27,31)/t23-/m0/s1. The number of anilines is 1. The monoisotopic (exact) mass is 462 g/mol. The molecule has 0 aliphatic carbocycles. The van der Waals surface area contributed by atoms with Gasteiger partial charge in [-0.3, -0.25) is 19.3 Å². The molecule has 1 N–H and O–H groups in total. The second kappa shape index (κ2) is 9.95. The number of amides is 3. The zero-order chi connectivity index (χ0) is 23.5. The number of carbonyl (C=O) groups is 3. The van der Waals surface area contributed by atoms with Crippen molar-refractivity contribution in [3.63, 3.8) is 0 Å². The van der Waals surface area contributed by atoms with Crippen LogP contribution >= 0.6 is 0 Å². The summed E-state index contributed by atoms with van der Waals surface area (Å²) in [6.45, 7) is 5.52. The van der Waals surface area contributed by atoms with Gasteiger partial charge in [-0.05, 0) is 42.7 Å². The van der Waals surface area contributed by atoms with Crippen LogP contribution in [-0.4, -0.2) is 79.5 Å². The third-order valence-corrected chi connectivity index (χ3v) is 6.84. The zero-order valence-electron chi connectivity index (χ0n) is 19.2. The van der Waals surface area contributed by atoms with Gasteiger partial charge in [0.1, 0.15) is 6.04 Å². The fraction of sp³-hybridized carbons (Fsp3) is 0.423. The summed E-state index contributed by atoms with van der Waals surface area (Å²) in [6.07, 6.45) is 1.51. The number of benzene rings is 2. The summed E-state index contributed by atoms with van der Waals surface area (Å²) in [5.41, 5.74) is 2.60. The number of ether oxygens (including phenoxy) is 1. The summed E-state index contributed by atoms with van der Waals surface area (Å²) >= 11 is 0. The molecule has 1 atom stereocenters. The first-order valence-corrected chi connectivity index (χ1v) is 12.0. The molecule has 8 heteroatoms. The van der Waals surface area contributed by atoms with E-state index in [1.807, 2.05) is 36.4 Å². The van der Waals surface area contributed by atoms with Gasteiger partial charge in [-0.25, -0.2) is 0 Å². The molecule has 3 aliphatic rings. The number of rotatable bonds is 6. The Morgan fingerprint density at radius 2 is 1.85 bits per heavy atom. The van der Waals surface area contributed by atoms with Crippen LogP contribution in [0.15, 0.2) is 48.5 Å². The molecule has 3 heterocycles. The minimum Gasteiger partial charge on any atom is -0.379 e. The molecule has 0 aromatic heterocycles. The molecule has 0 spiro atoms. The quantitative estimate of drug-likeness (QED) is 0.709. The SMILES string of the molecule is O=C(NCCN1CCOCC1)c1cccc(CN2C(=O)[C@@H]3CCCN3C(=O)c3ccccc32)c1. The largest absolute Gasteiger partial charge is 0.379 e. The number of nitrogens with zero attached hydrogens (tertiary/aromatic N) is 3. The van der Waals surface area contributed by atoms with Crippen LogP contribution in [-0.2, 0) is 16.1 Å². The molecule has 2 fully saturated rings. The lowest BCUT2D eigenvalue weighted by Gasteiger charge is -2.26. The molecular weight excluding hydrogens is 432 g/mol. The number of nitrogens with one attached hydrogen (secondary N) is 1. The van der Waals surface area contributed by atoms with Crippen molar-refractivity contribution in [1.29, 1.82) is 0 Å². The Labute approximate surface area is 199 Å². The van der Waals surface area contributed by atoms with Gasteiger partial charge in [0.25, 0.3) is 11.8 Å². The van der Waals surface area contributed by atoms with E-state index in [-0.39, 0.29) is 17.7 Å². The predicted molar refractivity (Wildman–Crippen MR) is 128 cm³/mol. The van der Waals surface area contributed by atoms with E-state index in [4.69, 9.17) is 4.74 Å². The van der Waals surface area contributed by atoms with Gasteiger partial charge in [0.15, 0.2) is 0 Å². The molecule has 34 heavy (non-hydrogen) atoms. The molecule has 178 valence electrons. The van der Waals surface area contributed by atoms with Crippen LogP contribution in [0.5, 0.6) is 0 Å². The van der Waals surface area contributed by atoms with E-state index in [1.54, 1.807) is 21.9 Å². The molecule has 0 bridgehead atoms. The Bertz CT molecular complexity index is 1080. The third kappa shape index (κ3) is 4.56. The van der Waals surface area contributed by atoms with E-state index in [0.717, 1.165) is 44.8 Å². The van der Waals surface area contributed by atoms with Crippen molar-refractivity contribution in [1.82, 2.24) is 15.1 Å². The molecule has 2 aromatic carbocycles. The Morgan fingerprint density at radius 1 is 1.03 bits per heavy atom. The van der Waals surface area contributed by atoms with Crippen molar-refractivity contribution in [2.45, 2.75) is 25.4 Å². The van der Waals surface area contributed by atoms with E-state index < -0.39 is 6.04 Å². The molecule has 2 saturated heterocycles. The topological polar surface area (TPSA) is 82.2 Å². The van der Waals surface area contributed by atoms with Crippen LogP contribution in [0.1, 0.15) is 39.1 Å². The Balaban J connectivity index is 1.31. The second-order valence-corrected chi connectivity index (χ2v) is 9.01. The van der Waals surface area contributed by atoms with Crippen molar-refractivity contribution in [2.24, 2.45) is 0 Å². The minimum atomic E-state index is -0.424. The second-order valence-electron chi connectivity index (χ2n) is 9.01. The first kappa shape index (κ1) is 22.6. The maximum atomic E-state index is 13.5. The maximum Gasteiger partial charge on any atom is 0.256 e. The van der Waals surface area contributed by atoms with Crippen LogP contribution in [0, 0.1) is 0 Å². The molecule has 3 aliphatic heterocycles.